The summed E-state index contributed by atoms with van der Waals surface area (Å²) in [5.74, 6) is -0.526. The third-order valence-electron chi connectivity index (χ3n) is 4.06. The van der Waals surface area contributed by atoms with Crippen LogP contribution in [0.25, 0.3) is 11.1 Å². The minimum Gasteiger partial charge on any atom is -0.478 e. The van der Waals surface area contributed by atoms with Crippen LogP contribution in [0, 0.1) is 5.92 Å². The normalized spacial score (nSPS) is 21.3. The number of nitrogens with zero attached hydrogens (tertiary/aromatic N) is 2. The Morgan fingerprint density at radius 2 is 2.23 bits per heavy atom. The van der Waals surface area contributed by atoms with Crippen LogP contribution in [0.2, 0.25) is 0 Å². The summed E-state index contributed by atoms with van der Waals surface area (Å²) < 4.78 is 5.26. The quantitative estimate of drug-likeness (QED) is 0.846. The van der Waals surface area contributed by atoms with Gasteiger partial charge in [0.15, 0.2) is 5.84 Å². The highest BCUT2D eigenvalue weighted by Crippen LogP contribution is 2.29. The van der Waals surface area contributed by atoms with Crippen LogP contribution in [0.1, 0.15) is 36.8 Å². The number of carboxylic acid groups (broad SMARTS) is 1. The molecule has 1 atom stereocenters. The zero-order valence-electron chi connectivity index (χ0n) is 12.4. The van der Waals surface area contributed by atoms with Gasteiger partial charge in [-0.05, 0) is 25.0 Å². The molecule has 0 aromatic carbocycles. The van der Waals surface area contributed by atoms with Crippen LogP contribution in [0.3, 0.4) is 0 Å². The van der Waals surface area contributed by atoms with E-state index in [0.717, 1.165) is 0 Å². The number of furan rings is 1. The maximum absolute atomic E-state index is 11.5. The average Bonchev–Trinajstić information content (AvgIpc) is 3.02. The maximum atomic E-state index is 11.5. The van der Waals surface area contributed by atoms with E-state index in [1.165, 1.54) is 12.3 Å². The van der Waals surface area contributed by atoms with Crippen molar-refractivity contribution in [2.45, 2.75) is 26.3 Å². The lowest BCUT2D eigenvalue weighted by atomic mass is 9.90. The van der Waals surface area contributed by atoms with Gasteiger partial charge in [0, 0.05) is 5.39 Å². The van der Waals surface area contributed by atoms with Crippen molar-refractivity contribution in [3.8, 4) is 0 Å². The van der Waals surface area contributed by atoms with E-state index in [4.69, 9.17) is 16.6 Å². The molecule has 3 heterocycles. The molecule has 0 saturated heterocycles. The molecule has 1 aliphatic heterocycles. The molecule has 0 bridgehead atoms. The molecule has 22 heavy (non-hydrogen) atoms. The molecule has 2 aromatic rings. The van der Waals surface area contributed by atoms with Crippen LogP contribution in [-0.4, -0.2) is 32.4 Å². The molecule has 0 spiro atoms. The minimum absolute atomic E-state index is 0.0657. The highest BCUT2D eigenvalue weighted by atomic mass is 32.1. The number of amidine groups is 1. The van der Waals surface area contributed by atoms with Crippen LogP contribution in [0.5, 0.6) is 0 Å². The van der Waals surface area contributed by atoms with Gasteiger partial charge >= 0.3 is 5.97 Å². The number of hydrogen-bond donors (Lipinski definition) is 2. The molecule has 6 nitrogen and oxygen atoms in total. The summed E-state index contributed by atoms with van der Waals surface area (Å²) in [6, 6.07) is 3.20. The van der Waals surface area contributed by atoms with Gasteiger partial charge in [-0.25, -0.2) is 9.78 Å². The SMILES string of the molecule is CC(C)C1(C)N=C(c2nc3occc3cc2C(=O)O)NC1=S. The number of fused-ring (bicyclic) bond motifs is 1. The second kappa shape index (κ2) is 4.88. The second-order valence-corrected chi connectivity index (χ2v) is 6.13. The second-order valence-electron chi connectivity index (χ2n) is 5.72. The Balaban J connectivity index is 2.19. The number of carboxylic acids is 1. The topological polar surface area (TPSA) is 87.7 Å². The molecule has 0 aliphatic carbocycles. The number of aromatic carboxylic acids is 1. The van der Waals surface area contributed by atoms with Crippen molar-refractivity contribution < 1.29 is 14.3 Å². The Hall–Kier alpha value is -2.28. The maximum Gasteiger partial charge on any atom is 0.338 e. The van der Waals surface area contributed by atoms with Gasteiger partial charge in [-0.3, -0.25) is 4.99 Å². The molecule has 0 radical (unpaired) electrons. The first-order valence-electron chi connectivity index (χ1n) is 6.86. The van der Waals surface area contributed by atoms with Crippen molar-refractivity contribution in [3.63, 3.8) is 0 Å². The molecule has 0 fully saturated rings. The van der Waals surface area contributed by atoms with Gasteiger partial charge in [-0.1, -0.05) is 26.1 Å². The van der Waals surface area contributed by atoms with E-state index in [9.17, 15) is 9.90 Å². The molecule has 1 unspecified atom stereocenters. The van der Waals surface area contributed by atoms with Gasteiger partial charge < -0.3 is 14.8 Å². The summed E-state index contributed by atoms with van der Waals surface area (Å²) >= 11 is 5.37. The van der Waals surface area contributed by atoms with E-state index in [2.05, 4.69) is 15.3 Å². The Labute approximate surface area is 132 Å². The first-order valence-corrected chi connectivity index (χ1v) is 7.27. The number of pyridine rings is 1. The van der Waals surface area contributed by atoms with Gasteiger partial charge in [0.05, 0.1) is 11.8 Å². The molecular weight excluding hydrogens is 302 g/mol. The lowest BCUT2D eigenvalue weighted by molar-refractivity contribution is 0.0696. The van der Waals surface area contributed by atoms with Crippen LogP contribution in [0.15, 0.2) is 27.8 Å². The van der Waals surface area contributed by atoms with Crippen molar-refractivity contribution in [2.75, 3.05) is 0 Å². The van der Waals surface area contributed by atoms with E-state index in [0.29, 0.717) is 21.9 Å². The van der Waals surface area contributed by atoms with Crippen LogP contribution < -0.4 is 5.32 Å². The summed E-state index contributed by atoms with van der Waals surface area (Å²) in [5.41, 5.74) is 0.103. The fraction of sp³-hybridized carbons (Fsp3) is 0.333. The molecule has 114 valence electrons. The number of thiocarbonyl (C=S) groups is 1. The third-order valence-corrected chi connectivity index (χ3v) is 4.57. The van der Waals surface area contributed by atoms with Crippen LogP contribution in [-0.2, 0) is 0 Å². The molecule has 0 saturated carbocycles. The zero-order valence-corrected chi connectivity index (χ0v) is 13.2. The molecule has 0 amide bonds. The smallest absolute Gasteiger partial charge is 0.338 e. The Bertz CT molecular complexity index is 825. The highest BCUT2D eigenvalue weighted by Gasteiger charge is 2.40. The largest absolute Gasteiger partial charge is 0.478 e. The van der Waals surface area contributed by atoms with Gasteiger partial charge in [-0.2, -0.15) is 0 Å². The summed E-state index contributed by atoms with van der Waals surface area (Å²) in [5, 5.41) is 13.1. The van der Waals surface area contributed by atoms with Crippen molar-refractivity contribution in [2.24, 2.45) is 10.9 Å². The summed E-state index contributed by atoms with van der Waals surface area (Å²) in [7, 11) is 0. The molecular formula is C15H15N3O3S. The Morgan fingerprint density at radius 1 is 1.50 bits per heavy atom. The van der Waals surface area contributed by atoms with Crippen molar-refractivity contribution in [1.29, 1.82) is 0 Å². The molecule has 1 aliphatic rings. The minimum atomic E-state index is -1.07. The third kappa shape index (κ3) is 2.09. The van der Waals surface area contributed by atoms with E-state index < -0.39 is 11.5 Å². The summed E-state index contributed by atoms with van der Waals surface area (Å²) in [6.45, 7) is 5.95. The van der Waals surface area contributed by atoms with E-state index in [1.54, 1.807) is 6.07 Å². The predicted molar refractivity (Wildman–Crippen MR) is 86.5 cm³/mol. The van der Waals surface area contributed by atoms with Crippen LogP contribution in [0.4, 0.5) is 0 Å². The number of carbonyl (C=O) groups is 1. The number of hydrogen-bond acceptors (Lipinski definition) is 5. The lowest BCUT2D eigenvalue weighted by Gasteiger charge is -2.24. The first-order chi connectivity index (χ1) is 10.3. The monoisotopic (exact) mass is 317 g/mol. The number of rotatable bonds is 3. The fourth-order valence-corrected chi connectivity index (χ4v) is 2.67. The van der Waals surface area contributed by atoms with Gasteiger partial charge in [0.2, 0.25) is 5.71 Å². The van der Waals surface area contributed by atoms with Crippen molar-refractivity contribution in [1.82, 2.24) is 10.3 Å². The number of nitrogens with one attached hydrogen (secondary N) is 1. The lowest BCUT2D eigenvalue weighted by Crippen LogP contribution is -2.40. The molecule has 7 heteroatoms. The van der Waals surface area contributed by atoms with E-state index >= 15 is 0 Å². The predicted octanol–water partition coefficient (Wildman–Crippen LogP) is 2.62. The van der Waals surface area contributed by atoms with Crippen molar-refractivity contribution in [3.05, 3.63) is 29.7 Å². The Morgan fingerprint density at radius 3 is 2.82 bits per heavy atom. The molecule has 3 rings (SSSR count). The zero-order chi connectivity index (χ0) is 16.1. The molecule has 2 N–H and O–H groups in total. The van der Waals surface area contributed by atoms with E-state index in [1.807, 2.05) is 20.8 Å². The summed E-state index contributed by atoms with van der Waals surface area (Å²) in [4.78, 5) is 21.0. The van der Waals surface area contributed by atoms with Gasteiger partial charge in [0.1, 0.15) is 16.2 Å². The van der Waals surface area contributed by atoms with Crippen LogP contribution >= 0.6 is 12.2 Å². The fourth-order valence-electron chi connectivity index (χ4n) is 2.29. The first kappa shape index (κ1) is 14.6. The average molecular weight is 317 g/mol. The number of aromatic nitrogens is 1. The highest BCUT2D eigenvalue weighted by molar-refractivity contribution is 7.80. The van der Waals surface area contributed by atoms with Gasteiger partial charge in [0.25, 0.3) is 0 Å². The number of aliphatic imine (C=N–C) groups is 1. The molecule has 2 aromatic heterocycles. The van der Waals surface area contributed by atoms with Crippen molar-refractivity contribution >= 4 is 40.1 Å². The van der Waals surface area contributed by atoms with Gasteiger partial charge in [-0.15, -0.1) is 0 Å². The standard InChI is InChI=1S/C15H15N3O3S/c1-7(2)15(3)14(22)17-11(18-15)10-9(13(19)20)6-8-4-5-21-12(8)16-10/h4-7H,1-3H3,(H,19,20)(H,17,18,22). The Kier molecular flexibility index (Phi) is 3.25. The van der Waals surface area contributed by atoms with E-state index in [-0.39, 0.29) is 17.2 Å². The summed E-state index contributed by atoms with van der Waals surface area (Å²) in [6.07, 6.45) is 1.47.